The molecular formula is C14H12FN3O3. The number of anilines is 1. The fourth-order valence-corrected chi connectivity index (χ4v) is 1.68. The molecule has 1 aromatic heterocycles. The normalized spacial score (nSPS) is 10.8. The first-order valence-electron chi connectivity index (χ1n) is 5.96. The Morgan fingerprint density at radius 3 is 2.81 bits per heavy atom. The average molecular weight is 289 g/mol. The van der Waals surface area contributed by atoms with E-state index in [-0.39, 0.29) is 11.3 Å². The Morgan fingerprint density at radius 1 is 1.43 bits per heavy atom. The van der Waals surface area contributed by atoms with Gasteiger partial charge in [-0.1, -0.05) is 0 Å². The second-order valence-electron chi connectivity index (χ2n) is 4.26. The van der Waals surface area contributed by atoms with Gasteiger partial charge in [-0.2, -0.15) is 5.10 Å². The van der Waals surface area contributed by atoms with E-state index < -0.39 is 17.7 Å². The first-order chi connectivity index (χ1) is 9.95. The van der Waals surface area contributed by atoms with E-state index in [1.807, 2.05) is 0 Å². The third kappa shape index (κ3) is 3.75. The predicted octanol–water partition coefficient (Wildman–Crippen LogP) is 1.91. The number of nitrogens with one attached hydrogen (secondary N) is 1. The summed E-state index contributed by atoms with van der Waals surface area (Å²) in [4.78, 5) is 22.7. The lowest BCUT2D eigenvalue weighted by Crippen LogP contribution is -2.12. The molecule has 1 aromatic carbocycles. The van der Waals surface area contributed by atoms with Crippen molar-refractivity contribution in [1.82, 2.24) is 9.78 Å². The van der Waals surface area contributed by atoms with Crippen LogP contribution in [0.2, 0.25) is 0 Å². The van der Waals surface area contributed by atoms with Crippen molar-refractivity contribution in [3.05, 3.63) is 53.6 Å². The molecule has 0 aliphatic carbocycles. The average Bonchev–Trinajstić information content (AvgIpc) is 2.82. The third-order valence-electron chi connectivity index (χ3n) is 2.62. The summed E-state index contributed by atoms with van der Waals surface area (Å²) in [6.45, 7) is 0. The standard InChI is InChI=1S/C14H12FN3O3/c1-18-8-9(7-16-18)2-5-13(19)17-12-6-10(15)3-4-11(12)14(20)21/h2-8H,1H3,(H,17,19)(H,20,21)/b5-2+. The van der Waals surface area contributed by atoms with E-state index in [2.05, 4.69) is 10.4 Å². The van der Waals surface area contributed by atoms with Gasteiger partial charge in [0.1, 0.15) is 5.82 Å². The van der Waals surface area contributed by atoms with Gasteiger partial charge in [0, 0.05) is 24.9 Å². The highest BCUT2D eigenvalue weighted by molar-refractivity contribution is 6.06. The van der Waals surface area contributed by atoms with Gasteiger partial charge in [0.25, 0.3) is 0 Å². The lowest BCUT2D eigenvalue weighted by molar-refractivity contribution is -0.111. The third-order valence-corrected chi connectivity index (χ3v) is 2.62. The number of aromatic nitrogens is 2. The van der Waals surface area contributed by atoms with Crippen molar-refractivity contribution < 1.29 is 19.1 Å². The molecule has 108 valence electrons. The molecule has 6 nitrogen and oxygen atoms in total. The number of halogens is 1. The minimum Gasteiger partial charge on any atom is -0.478 e. The van der Waals surface area contributed by atoms with Crippen molar-refractivity contribution in [2.24, 2.45) is 7.05 Å². The van der Waals surface area contributed by atoms with E-state index in [1.54, 1.807) is 24.1 Å². The SMILES string of the molecule is Cn1cc(/C=C/C(=O)Nc2cc(F)ccc2C(=O)O)cn1. The van der Waals surface area contributed by atoms with Gasteiger partial charge < -0.3 is 10.4 Å². The summed E-state index contributed by atoms with van der Waals surface area (Å²) in [6, 6.07) is 3.07. The Balaban J connectivity index is 2.14. The highest BCUT2D eigenvalue weighted by Crippen LogP contribution is 2.17. The molecule has 7 heteroatoms. The Morgan fingerprint density at radius 2 is 2.19 bits per heavy atom. The summed E-state index contributed by atoms with van der Waals surface area (Å²) in [7, 11) is 1.74. The molecule has 21 heavy (non-hydrogen) atoms. The summed E-state index contributed by atoms with van der Waals surface area (Å²) in [5.41, 5.74) is 0.438. The van der Waals surface area contributed by atoms with Crippen LogP contribution in [0.25, 0.3) is 6.08 Å². The van der Waals surface area contributed by atoms with Gasteiger partial charge in [-0.3, -0.25) is 9.48 Å². The van der Waals surface area contributed by atoms with Crippen molar-refractivity contribution in [3.63, 3.8) is 0 Å². The Hall–Kier alpha value is -2.96. The first kappa shape index (κ1) is 14.4. The van der Waals surface area contributed by atoms with Crippen LogP contribution in [0.5, 0.6) is 0 Å². The van der Waals surface area contributed by atoms with Gasteiger partial charge in [0.15, 0.2) is 0 Å². The summed E-state index contributed by atoms with van der Waals surface area (Å²) in [5, 5.41) is 15.2. The summed E-state index contributed by atoms with van der Waals surface area (Å²) >= 11 is 0. The van der Waals surface area contributed by atoms with Crippen molar-refractivity contribution >= 4 is 23.6 Å². The summed E-state index contributed by atoms with van der Waals surface area (Å²) < 4.78 is 14.7. The molecule has 0 spiro atoms. The number of aromatic carboxylic acids is 1. The topological polar surface area (TPSA) is 84.2 Å². The summed E-state index contributed by atoms with van der Waals surface area (Å²) in [6.07, 6.45) is 6.00. The Kier molecular flexibility index (Phi) is 4.13. The number of hydrogen-bond donors (Lipinski definition) is 2. The fraction of sp³-hybridized carbons (Fsp3) is 0.0714. The zero-order chi connectivity index (χ0) is 15.4. The number of hydrogen-bond acceptors (Lipinski definition) is 3. The van der Waals surface area contributed by atoms with E-state index in [1.165, 1.54) is 12.2 Å². The number of carboxylic acids is 1. The van der Waals surface area contributed by atoms with Crippen LogP contribution in [-0.2, 0) is 11.8 Å². The quantitative estimate of drug-likeness (QED) is 0.842. The molecule has 0 saturated heterocycles. The van der Waals surface area contributed by atoms with Crippen LogP contribution >= 0.6 is 0 Å². The van der Waals surface area contributed by atoms with Crippen molar-refractivity contribution in [1.29, 1.82) is 0 Å². The highest BCUT2D eigenvalue weighted by Gasteiger charge is 2.12. The van der Waals surface area contributed by atoms with Gasteiger partial charge in [-0.25, -0.2) is 9.18 Å². The maximum Gasteiger partial charge on any atom is 0.337 e. The van der Waals surface area contributed by atoms with Gasteiger partial charge in [-0.05, 0) is 24.3 Å². The van der Waals surface area contributed by atoms with Crippen LogP contribution < -0.4 is 5.32 Å². The summed E-state index contributed by atoms with van der Waals surface area (Å²) in [5.74, 6) is -2.44. The molecule has 0 aliphatic rings. The monoisotopic (exact) mass is 289 g/mol. The lowest BCUT2D eigenvalue weighted by Gasteiger charge is -2.06. The van der Waals surface area contributed by atoms with Crippen LogP contribution in [0, 0.1) is 5.82 Å². The zero-order valence-electron chi connectivity index (χ0n) is 11.1. The highest BCUT2D eigenvalue weighted by atomic mass is 19.1. The number of carboxylic acid groups (broad SMARTS) is 1. The number of benzene rings is 1. The molecule has 2 aromatic rings. The van der Waals surface area contributed by atoms with E-state index in [0.717, 1.165) is 18.2 Å². The van der Waals surface area contributed by atoms with Crippen LogP contribution in [-0.4, -0.2) is 26.8 Å². The van der Waals surface area contributed by atoms with E-state index in [4.69, 9.17) is 5.11 Å². The smallest absolute Gasteiger partial charge is 0.337 e. The first-order valence-corrected chi connectivity index (χ1v) is 5.96. The van der Waals surface area contributed by atoms with Crippen LogP contribution in [0.4, 0.5) is 10.1 Å². The zero-order valence-corrected chi connectivity index (χ0v) is 11.1. The van der Waals surface area contributed by atoms with Crippen molar-refractivity contribution in [3.8, 4) is 0 Å². The number of carbonyl (C=O) groups is 2. The molecule has 0 unspecified atom stereocenters. The number of carbonyl (C=O) groups excluding carboxylic acids is 1. The minimum atomic E-state index is -1.25. The number of amides is 1. The number of aryl methyl sites for hydroxylation is 1. The second-order valence-corrected chi connectivity index (χ2v) is 4.26. The molecule has 2 rings (SSSR count). The predicted molar refractivity (Wildman–Crippen MR) is 74.2 cm³/mol. The van der Waals surface area contributed by atoms with Crippen LogP contribution in [0.15, 0.2) is 36.7 Å². The molecule has 0 saturated carbocycles. The van der Waals surface area contributed by atoms with Gasteiger partial charge in [0.05, 0.1) is 17.4 Å². The largest absolute Gasteiger partial charge is 0.478 e. The van der Waals surface area contributed by atoms with Gasteiger partial charge in [0.2, 0.25) is 5.91 Å². The molecule has 0 atom stereocenters. The van der Waals surface area contributed by atoms with E-state index >= 15 is 0 Å². The maximum atomic E-state index is 13.1. The molecule has 0 fully saturated rings. The molecule has 1 amide bonds. The number of nitrogens with zero attached hydrogens (tertiary/aromatic N) is 2. The van der Waals surface area contributed by atoms with Crippen molar-refractivity contribution in [2.75, 3.05) is 5.32 Å². The molecule has 1 heterocycles. The van der Waals surface area contributed by atoms with E-state index in [0.29, 0.717) is 5.56 Å². The molecule has 2 N–H and O–H groups in total. The van der Waals surface area contributed by atoms with Gasteiger partial charge in [-0.15, -0.1) is 0 Å². The molecule has 0 bridgehead atoms. The fourth-order valence-electron chi connectivity index (χ4n) is 1.68. The second kappa shape index (κ2) is 6.00. The van der Waals surface area contributed by atoms with Crippen LogP contribution in [0.1, 0.15) is 15.9 Å². The Bertz CT molecular complexity index is 722. The van der Waals surface area contributed by atoms with Crippen LogP contribution in [0.3, 0.4) is 0 Å². The number of rotatable bonds is 4. The maximum absolute atomic E-state index is 13.1. The molecule has 0 radical (unpaired) electrons. The van der Waals surface area contributed by atoms with Crippen molar-refractivity contribution in [2.45, 2.75) is 0 Å². The minimum absolute atomic E-state index is 0.0941. The lowest BCUT2D eigenvalue weighted by atomic mass is 10.1. The van der Waals surface area contributed by atoms with E-state index in [9.17, 15) is 14.0 Å². The molecular weight excluding hydrogens is 277 g/mol. The Labute approximate surface area is 119 Å². The molecule has 0 aliphatic heterocycles. The van der Waals surface area contributed by atoms with Gasteiger partial charge >= 0.3 is 5.97 Å².